The molecular formula is C12H14BrN. The minimum absolute atomic E-state index is 0.797. The minimum Gasteiger partial charge on any atom is -0.316 e. The molecule has 0 aromatic heterocycles. The molecule has 0 unspecified atom stereocenters. The van der Waals surface area contributed by atoms with Crippen LogP contribution in [-0.4, -0.2) is 13.1 Å². The number of benzene rings is 1. The minimum atomic E-state index is 0.797. The van der Waals surface area contributed by atoms with E-state index in [2.05, 4.69) is 45.5 Å². The molecule has 3 rings (SSSR count). The van der Waals surface area contributed by atoms with Crippen LogP contribution in [0.25, 0.3) is 0 Å². The first-order chi connectivity index (χ1) is 6.86. The molecule has 74 valence electrons. The molecule has 2 heteroatoms. The summed E-state index contributed by atoms with van der Waals surface area (Å²) in [7, 11) is 0. The molecule has 1 N–H and O–H groups in total. The zero-order chi connectivity index (χ0) is 9.54. The summed E-state index contributed by atoms with van der Waals surface area (Å²) in [5.41, 5.74) is 1.51. The molecule has 1 nitrogen and oxygen atoms in total. The molecule has 1 aromatic carbocycles. The summed E-state index contributed by atoms with van der Waals surface area (Å²) in [5, 5.41) is 3.49. The molecule has 0 amide bonds. The van der Waals surface area contributed by atoms with E-state index in [9.17, 15) is 0 Å². The third-order valence-electron chi connectivity index (χ3n) is 3.77. The van der Waals surface area contributed by atoms with E-state index in [4.69, 9.17) is 0 Å². The van der Waals surface area contributed by atoms with Crippen molar-refractivity contribution in [1.82, 2.24) is 5.32 Å². The van der Waals surface area contributed by atoms with Gasteiger partial charge in [0, 0.05) is 4.47 Å². The Bertz CT molecular complexity index is 350. The molecular weight excluding hydrogens is 238 g/mol. The Kier molecular flexibility index (Phi) is 2.14. The predicted molar refractivity (Wildman–Crippen MR) is 61.3 cm³/mol. The van der Waals surface area contributed by atoms with Crippen LogP contribution in [0, 0.1) is 11.8 Å². The van der Waals surface area contributed by atoms with Crippen LogP contribution in [0.1, 0.15) is 17.9 Å². The average Bonchev–Trinajstić information content (AvgIpc) is 2.52. The summed E-state index contributed by atoms with van der Waals surface area (Å²) in [6.07, 6.45) is 1.38. The quantitative estimate of drug-likeness (QED) is 0.810. The van der Waals surface area contributed by atoms with E-state index >= 15 is 0 Å². The van der Waals surface area contributed by atoms with E-state index in [0.29, 0.717) is 0 Å². The van der Waals surface area contributed by atoms with Crippen LogP contribution in [0.15, 0.2) is 28.7 Å². The van der Waals surface area contributed by atoms with Crippen LogP contribution in [0.5, 0.6) is 0 Å². The predicted octanol–water partition coefficient (Wildman–Crippen LogP) is 2.77. The lowest BCUT2D eigenvalue weighted by Gasteiger charge is -2.40. The van der Waals surface area contributed by atoms with E-state index in [1.54, 1.807) is 0 Å². The van der Waals surface area contributed by atoms with Crippen LogP contribution >= 0.6 is 15.9 Å². The van der Waals surface area contributed by atoms with Crippen molar-refractivity contribution in [3.8, 4) is 0 Å². The van der Waals surface area contributed by atoms with Gasteiger partial charge in [-0.2, -0.15) is 0 Å². The molecule has 2 fully saturated rings. The Balaban J connectivity index is 1.87. The van der Waals surface area contributed by atoms with Gasteiger partial charge in [-0.3, -0.25) is 0 Å². The van der Waals surface area contributed by atoms with Crippen molar-refractivity contribution in [2.75, 3.05) is 13.1 Å². The number of hydrogen-bond donors (Lipinski definition) is 1. The lowest BCUT2D eigenvalue weighted by molar-refractivity contribution is 0.190. The SMILES string of the molecule is Brc1ccccc1[C@@H]1C[C@@H]2CNC[C@H]21. The van der Waals surface area contributed by atoms with Gasteiger partial charge in [0.1, 0.15) is 0 Å². The fourth-order valence-corrected chi connectivity index (χ4v) is 3.50. The smallest absolute Gasteiger partial charge is 0.0210 e. The lowest BCUT2D eigenvalue weighted by Crippen LogP contribution is -2.33. The standard InChI is InChI=1S/C12H14BrN/c13-12-4-2-1-3-9(12)10-5-8-6-14-7-11(8)10/h1-4,8,10-11,14H,5-7H2/t8-,10+,11-/m1/s1. The van der Waals surface area contributed by atoms with Gasteiger partial charge in [-0.25, -0.2) is 0 Å². The molecule has 0 bridgehead atoms. The first-order valence-corrected chi connectivity index (χ1v) is 6.10. The van der Waals surface area contributed by atoms with Crippen LogP contribution in [0.2, 0.25) is 0 Å². The normalized spacial score (nSPS) is 35.1. The molecule has 1 aliphatic carbocycles. The average molecular weight is 252 g/mol. The van der Waals surface area contributed by atoms with Gasteiger partial charge >= 0.3 is 0 Å². The fraction of sp³-hybridized carbons (Fsp3) is 0.500. The highest BCUT2D eigenvalue weighted by Gasteiger charge is 2.44. The van der Waals surface area contributed by atoms with Crippen LogP contribution < -0.4 is 5.32 Å². The Morgan fingerprint density at radius 3 is 2.86 bits per heavy atom. The summed E-state index contributed by atoms with van der Waals surface area (Å²) < 4.78 is 1.29. The van der Waals surface area contributed by atoms with Gasteiger partial charge in [0.25, 0.3) is 0 Å². The maximum atomic E-state index is 3.65. The summed E-state index contributed by atoms with van der Waals surface area (Å²) in [6.45, 7) is 2.46. The molecule has 0 spiro atoms. The van der Waals surface area contributed by atoms with Crippen molar-refractivity contribution in [1.29, 1.82) is 0 Å². The molecule has 1 aliphatic heterocycles. The lowest BCUT2D eigenvalue weighted by atomic mass is 9.64. The van der Waals surface area contributed by atoms with Gasteiger partial charge in [-0.15, -0.1) is 0 Å². The Hall–Kier alpha value is -0.340. The molecule has 3 atom stereocenters. The fourth-order valence-electron chi connectivity index (χ4n) is 2.92. The first-order valence-electron chi connectivity index (χ1n) is 5.31. The molecule has 2 aliphatic rings. The summed E-state index contributed by atoms with van der Waals surface area (Å²) >= 11 is 3.65. The molecule has 1 heterocycles. The highest BCUT2D eigenvalue weighted by Crippen LogP contribution is 2.50. The van der Waals surface area contributed by atoms with E-state index in [1.165, 1.54) is 29.5 Å². The van der Waals surface area contributed by atoms with E-state index < -0.39 is 0 Å². The number of fused-ring (bicyclic) bond motifs is 1. The number of rotatable bonds is 1. The Labute approximate surface area is 93.0 Å². The zero-order valence-corrected chi connectivity index (χ0v) is 9.63. The van der Waals surface area contributed by atoms with Crippen LogP contribution in [0.3, 0.4) is 0 Å². The van der Waals surface area contributed by atoms with E-state index in [-0.39, 0.29) is 0 Å². The highest BCUT2D eigenvalue weighted by molar-refractivity contribution is 9.10. The van der Waals surface area contributed by atoms with Crippen molar-refractivity contribution < 1.29 is 0 Å². The second kappa shape index (κ2) is 3.35. The number of halogens is 1. The second-order valence-corrected chi connectivity index (χ2v) is 5.30. The zero-order valence-electron chi connectivity index (χ0n) is 8.04. The summed E-state index contributed by atoms with van der Waals surface area (Å²) in [4.78, 5) is 0. The maximum Gasteiger partial charge on any atom is 0.0210 e. The van der Waals surface area contributed by atoms with Gasteiger partial charge in [0.15, 0.2) is 0 Å². The summed E-state index contributed by atoms with van der Waals surface area (Å²) in [5.74, 6) is 2.64. The van der Waals surface area contributed by atoms with Crippen molar-refractivity contribution in [3.63, 3.8) is 0 Å². The largest absolute Gasteiger partial charge is 0.316 e. The monoisotopic (exact) mass is 251 g/mol. The second-order valence-electron chi connectivity index (χ2n) is 4.45. The molecule has 1 aromatic rings. The molecule has 0 radical (unpaired) electrons. The van der Waals surface area contributed by atoms with Gasteiger partial charge in [0.2, 0.25) is 0 Å². The van der Waals surface area contributed by atoms with Crippen molar-refractivity contribution in [2.24, 2.45) is 11.8 Å². The number of nitrogens with one attached hydrogen (secondary N) is 1. The van der Waals surface area contributed by atoms with Crippen molar-refractivity contribution >= 4 is 15.9 Å². The van der Waals surface area contributed by atoms with Crippen molar-refractivity contribution in [2.45, 2.75) is 12.3 Å². The Morgan fingerprint density at radius 1 is 1.21 bits per heavy atom. The topological polar surface area (TPSA) is 12.0 Å². The van der Waals surface area contributed by atoms with Gasteiger partial charge in [0.05, 0.1) is 0 Å². The third-order valence-corrected chi connectivity index (χ3v) is 4.49. The first kappa shape index (κ1) is 8.93. The molecule has 1 saturated heterocycles. The van der Waals surface area contributed by atoms with E-state index in [1.807, 2.05) is 0 Å². The van der Waals surface area contributed by atoms with Crippen molar-refractivity contribution in [3.05, 3.63) is 34.3 Å². The van der Waals surface area contributed by atoms with Gasteiger partial charge < -0.3 is 5.32 Å². The summed E-state index contributed by atoms with van der Waals surface area (Å²) in [6, 6.07) is 8.67. The van der Waals surface area contributed by atoms with Crippen LogP contribution in [-0.2, 0) is 0 Å². The third kappa shape index (κ3) is 1.24. The highest BCUT2D eigenvalue weighted by atomic mass is 79.9. The maximum absolute atomic E-state index is 3.65. The Morgan fingerprint density at radius 2 is 2.07 bits per heavy atom. The van der Waals surface area contributed by atoms with Gasteiger partial charge in [-0.1, -0.05) is 34.1 Å². The number of hydrogen-bond acceptors (Lipinski definition) is 1. The van der Waals surface area contributed by atoms with E-state index in [0.717, 1.165) is 17.8 Å². The molecule has 1 saturated carbocycles. The van der Waals surface area contributed by atoms with Gasteiger partial charge in [-0.05, 0) is 48.9 Å². The molecule has 14 heavy (non-hydrogen) atoms. The van der Waals surface area contributed by atoms with Crippen LogP contribution in [0.4, 0.5) is 0 Å².